The minimum Gasteiger partial charge on any atom is -0.313 e. The Kier molecular flexibility index (Phi) is 8.96. The van der Waals surface area contributed by atoms with Crippen LogP contribution in [0.5, 0.6) is 0 Å². The van der Waals surface area contributed by atoms with Crippen molar-refractivity contribution in [2.45, 2.75) is 45.6 Å². The first kappa shape index (κ1) is 18.5. The van der Waals surface area contributed by atoms with Crippen LogP contribution in [0.1, 0.15) is 43.7 Å². The Morgan fingerprint density at radius 3 is 2.25 bits per heavy atom. The summed E-state index contributed by atoms with van der Waals surface area (Å²) in [5.74, 6) is 0.686. The Balaban J connectivity index is 1.47. The lowest BCUT2D eigenvalue weighted by Crippen LogP contribution is -2.14. The van der Waals surface area contributed by atoms with Gasteiger partial charge in [0.25, 0.3) is 0 Å². The molecule has 2 rings (SSSR count). The fourth-order valence-corrected chi connectivity index (χ4v) is 2.87. The molecule has 1 atom stereocenters. The lowest BCUT2D eigenvalue weighted by molar-refractivity contribution is 0.602. The second kappa shape index (κ2) is 11.6. The maximum absolute atomic E-state index is 3.51. The molecule has 0 saturated heterocycles. The van der Waals surface area contributed by atoms with Crippen LogP contribution in [0.25, 0.3) is 0 Å². The van der Waals surface area contributed by atoms with Gasteiger partial charge in [-0.1, -0.05) is 79.7 Å². The molecule has 0 spiro atoms. The average Bonchev–Trinajstić information content (AvgIpc) is 2.63. The number of aryl methyl sites for hydroxylation is 1. The third-order valence-electron chi connectivity index (χ3n) is 4.33. The lowest BCUT2D eigenvalue weighted by atomic mass is 10.0. The van der Waals surface area contributed by atoms with Crippen molar-refractivity contribution in [3.05, 3.63) is 83.9 Å². The molecule has 24 heavy (non-hydrogen) atoms. The predicted octanol–water partition coefficient (Wildman–Crippen LogP) is 5.77. The van der Waals surface area contributed by atoms with Crippen molar-refractivity contribution in [1.29, 1.82) is 0 Å². The van der Waals surface area contributed by atoms with E-state index >= 15 is 0 Å². The third kappa shape index (κ3) is 8.12. The molecule has 0 radical (unpaired) electrons. The monoisotopic (exact) mass is 321 g/mol. The summed E-state index contributed by atoms with van der Waals surface area (Å²) in [4.78, 5) is 0. The Morgan fingerprint density at radius 1 is 0.875 bits per heavy atom. The van der Waals surface area contributed by atoms with Crippen molar-refractivity contribution >= 4 is 0 Å². The zero-order chi connectivity index (χ0) is 16.9. The molecule has 0 heterocycles. The summed E-state index contributed by atoms with van der Waals surface area (Å²) in [5.41, 5.74) is 2.82. The number of benzene rings is 2. The smallest absolute Gasteiger partial charge is 0.0205 e. The molecule has 1 N–H and O–H groups in total. The molecule has 0 amide bonds. The van der Waals surface area contributed by atoms with Crippen LogP contribution in [0, 0.1) is 5.92 Å². The molecule has 0 unspecified atom stereocenters. The van der Waals surface area contributed by atoms with Crippen LogP contribution >= 0.6 is 0 Å². The van der Waals surface area contributed by atoms with Gasteiger partial charge in [-0.3, -0.25) is 0 Å². The van der Waals surface area contributed by atoms with Gasteiger partial charge in [-0.25, -0.2) is 0 Å². The maximum atomic E-state index is 3.51. The number of unbranched alkanes of at least 4 members (excludes halogenated alkanes) is 1. The molecule has 0 aliphatic carbocycles. The van der Waals surface area contributed by atoms with Crippen molar-refractivity contribution in [1.82, 2.24) is 5.32 Å². The summed E-state index contributed by atoms with van der Waals surface area (Å²) in [6.45, 7) is 4.39. The van der Waals surface area contributed by atoms with Crippen LogP contribution < -0.4 is 5.32 Å². The highest BCUT2D eigenvalue weighted by Gasteiger charge is 1.98. The molecule has 2 aromatic rings. The molecule has 0 aromatic heterocycles. The lowest BCUT2D eigenvalue weighted by Gasteiger charge is -2.06. The minimum absolute atomic E-state index is 0.686. The number of hydrogen-bond acceptors (Lipinski definition) is 1. The Bertz CT molecular complexity index is 559. The quantitative estimate of drug-likeness (QED) is 0.409. The fraction of sp³-hybridized carbons (Fsp3) is 0.391. The fourth-order valence-electron chi connectivity index (χ4n) is 2.87. The molecule has 0 bridgehead atoms. The van der Waals surface area contributed by atoms with E-state index in [4.69, 9.17) is 0 Å². The zero-order valence-corrected chi connectivity index (χ0v) is 15.0. The normalized spacial score (nSPS) is 12.5. The van der Waals surface area contributed by atoms with E-state index < -0.39 is 0 Å². The van der Waals surface area contributed by atoms with Crippen molar-refractivity contribution in [2.75, 3.05) is 6.54 Å². The summed E-state index contributed by atoms with van der Waals surface area (Å²) in [5, 5.41) is 3.51. The van der Waals surface area contributed by atoms with E-state index in [1.165, 1.54) is 43.2 Å². The van der Waals surface area contributed by atoms with Gasteiger partial charge in [-0.2, -0.15) is 0 Å². The highest BCUT2D eigenvalue weighted by Crippen LogP contribution is 2.12. The van der Waals surface area contributed by atoms with Crippen molar-refractivity contribution < 1.29 is 0 Å². The van der Waals surface area contributed by atoms with Gasteiger partial charge in [0.1, 0.15) is 0 Å². The van der Waals surface area contributed by atoms with Crippen molar-refractivity contribution in [3.8, 4) is 0 Å². The molecule has 0 fully saturated rings. The summed E-state index contributed by atoms with van der Waals surface area (Å²) < 4.78 is 0. The number of allylic oxidation sites excluding steroid dienone is 2. The first-order valence-electron chi connectivity index (χ1n) is 9.30. The topological polar surface area (TPSA) is 12.0 Å². The predicted molar refractivity (Wildman–Crippen MR) is 105 cm³/mol. The van der Waals surface area contributed by atoms with Crippen LogP contribution in [-0.2, 0) is 13.0 Å². The van der Waals surface area contributed by atoms with Gasteiger partial charge >= 0.3 is 0 Å². The average molecular weight is 322 g/mol. The second-order valence-corrected chi connectivity index (χ2v) is 6.59. The van der Waals surface area contributed by atoms with Crippen LogP contribution in [0.4, 0.5) is 0 Å². The van der Waals surface area contributed by atoms with E-state index in [1.807, 2.05) is 0 Å². The SMILES string of the molecule is C[C@@H](/C=C/CCCNCc1ccccc1)CCCc1ccccc1. The Hall–Kier alpha value is -1.86. The van der Waals surface area contributed by atoms with E-state index in [9.17, 15) is 0 Å². The molecule has 1 nitrogen and oxygen atoms in total. The standard InChI is InChI=1S/C23H31N/c1-21(13-11-18-22-14-6-2-7-15-22)12-5-4-10-19-24-20-23-16-8-3-9-17-23/h2-3,5-9,12,14-17,21,24H,4,10-11,13,18-20H2,1H3/b12-5+/t21-/m0/s1. The number of nitrogens with one attached hydrogen (secondary N) is 1. The van der Waals surface area contributed by atoms with Gasteiger partial charge in [0.2, 0.25) is 0 Å². The Morgan fingerprint density at radius 2 is 1.54 bits per heavy atom. The van der Waals surface area contributed by atoms with Gasteiger partial charge in [0.15, 0.2) is 0 Å². The minimum atomic E-state index is 0.686. The van der Waals surface area contributed by atoms with E-state index in [0.717, 1.165) is 13.1 Å². The van der Waals surface area contributed by atoms with Gasteiger partial charge in [0.05, 0.1) is 0 Å². The van der Waals surface area contributed by atoms with E-state index in [-0.39, 0.29) is 0 Å². The maximum Gasteiger partial charge on any atom is 0.0205 e. The summed E-state index contributed by atoms with van der Waals surface area (Å²) in [6.07, 6.45) is 10.9. The highest BCUT2D eigenvalue weighted by molar-refractivity contribution is 5.15. The second-order valence-electron chi connectivity index (χ2n) is 6.59. The van der Waals surface area contributed by atoms with Gasteiger partial charge < -0.3 is 5.32 Å². The molecule has 128 valence electrons. The highest BCUT2D eigenvalue weighted by atomic mass is 14.8. The largest absolute Gasteiger partial charge is 0.313 e. The summed E-state index contributed by atoms with van der Waals surface area (Å²) in [6, 6.07) is 21.4. The van der Waals surface area contributed by atoms with Crippen LogP contribution in [0.15, 0.2) is 72.8 Å². The third-order valence-corrected chi connectivity index (χ3v) is 4.33. The molecule has 0 aliphatic rings. The number of hydrogen-bond donors (Lipinski definition) is 1. The van der Waals surface area contributed by atoms with Gasteiger partial charge in [-0.15, -0.1) is 0 Å². The first-order chi connectivity index (χ1) is 11.8. The first-order valence-corrected chi connectivity index (χ1v) is 9.30. The van der Waals surface area contributed by atoms with E-state index in [0.29, 0.717) is 5.92 Å². The molecule has 2 aromatic carbocycles. The van der Waals surface area contributed by atoms with Gasteiger partial charge in [0, 0.05) is 6.54 Å². The molecule has 0 aliphatic heterocycles. The molecule has 1 heteroatoms. The number of rotatable bonds is 11. The van der Waals surface area contributed by atoms with Gasteiger partial charge in [-0.05, 0) is 55.7 Å². The van der Waals surface area contributed by atoms with Crippen LogP contribution in [0.2, 0.25) is 0 Å². The Labute approximate surface area is 147 Å². The van der Waals surface area contributed by atoms with Crippen LogP contribution in [0.3, 0.4) is 0 Å². The summed E-state index contributed by atoms with van der Waals surface area (Å²) in [7, 11) is 0. The zero-order valence-electron chi connectivity index (χ0n) is 15.0. The molecular formula is C23H31N. The van der Waals surface area contributed by atoms with Crippen molar-refractivity contribution in [3.63, 3.8) is 0 Å². The van der Waals surface area contributed by atoms with E-state index in [2.05, 4.69) is 85.1 Å². The van der Waals surface area contributed by atoms with Crippen molar-refractivity contribution in [2.24, 2.45) is 5.92 Å². The van der Waals surface area contributed by atoms with Crippen LogP contribution in [-0.4, -0.2) is 6.54 Å². The summed E-state index contributed by atoms with van der Waals surface area (Å²) >= 11 is 0. The molecular weight excluding hydrogens is 290 g/mol. The van der Waals surface area contributed by atoms with E-state index in [1.54, 1.807) is 0 Å². The molecule has 0 saturated carbocycles.